The highest BCUT2D eigenvalue weighted by Crippen LogP contribution is 2.25. The van der Waals surface area contributed by atoms with Crippen LogP contribution < -0.4 is 0 Å². The van der Waals surface area contributed by atoms with Gasteiger partial charge in [0.25, 0.3) is 0 Å². The van der Waals surface area contributed by atoms with Crippen LogP contribution in [0.1, 0.15) is 20.8 Å². The van der Waals surface area contributed by atoms with Gasteiger partial charge < -0.3 is 19.1 Å². The topological polar surface area (TPSA) is 103 Å². The van der Waals surface area contributed by atoms with E-state index in [9.17, 15) is 13.2 Å². The van der Waals surface area contributed by atoms with Gasteiger partial charge in [0.15, 0.2) is 6.29 Å². The SMILES string of the molecule is CC(C)(C)OC(=O)N1CCN(S(=O)(=O)c2cccc(-c3cnn(CC4OCCO4)c3)c2)CC1. The van der Waals surface area contributed by atoms with Crippen LogP contribution in [0.3, 0.4) is 0 Å². The number of nitrogens with zero attached hydrogens (tertiary/aromatic N) is 4. The number of rotatable bonds is 5. The number of benzene rings is 1. The molecule has 0 atom stereocenters. The monoisotopic (exact) mass is 478 g/mol. The summed E-state index contributed by atoms with van der Waals surface area (Å²) in [6.45, 7) is 8.03. The first kappa shape index (κ1) is 23.7. The molecule has 4 rings (SSSR count). The van der Waals surface area contributed by atoms with Gasteiger partial charge in [-0.2, -0.15) is 9.40 Å². The maximum absolute atomic E-state index is 13.2. The lowest BCUT2D eigenvalue weighted by molar-refractivity contribution is -0.0545. The van der Waals surface area contributed by atoms with E-state index in [1.54, 1.807) is 54.7 Å². The van der Waals surface area contributed by atoms with E-state index in [0.29, 0.717) is 19.8 Å². The molecule has 11 heteroatoms. The number of aromatic nitrogens is 2. The van der Waals surface area contributed by atoms with Gasteiger partial charge in [-0.05, 0) is 38.5 Å². The molecule has 33 heavy (non-hydrogen) atoms. The Balaban J connectivity index is 1.42. The third-order valence-corrected chi connectivity index (χ3v) is 7.25. The second kappa shape index (κ2) is 9.41. The summed E-state index contributed by atoms with van der Waals surface area (Å²) in [5.41, 5.74) is 0.967. The fraction of sp³-hybridized carbons (Fsp3) is 0.545. The van der Waals surface area contributed by atoms with Crippen LogP contribution in [-0.2, 0) is 30.8 Å². The number of carbonyl (C=O) groups is 1. The van der Waals surface area contributed by atoms with Crippen molar-refractivity contribution in [2.75, 3.05) is 39.4 Å². The maximum Gasteiger partial charge on any atom is 0.410 e. The number of hydrogen-bond donors (Lipinski definition) is 0. The highest BCUT2D eigenvalue weighted by Gasteiger charge is 2.32. The molecule has 2 aliphatic rings. The molecule has 2 aromatic rings. The Morgan fingerprint density at radius 1 is 1.12 bits per heavy atom. The molecule has 0 N–H and O–H groups in total. The predicted octanol–water partition coefficient (Wildman–Crippen LogP) is 2.16. The molecule has 1 aromatic carbocycles. The summed E-state index contributed by atoms with van der Waals surface area (Å²) in [5.74, 6) is 0. The number of carbonyl (C=O) groups excluding carboxylic acids is 1. The van der Waals surface area contributed by atoms with Crippen molar-refractivity contribution in [1.29, 1.82) is 0 Å². The maximum atomic E-state index is 13.2. The van der Waals surface area contributed by atoms with E-state index >= 15 is 0 Å². The summed E-state index contributed by atoms with van der Waals surface area (Å²) in [5, 5.41) is 4.34. The van der Waals surface area contributed by atoms with Crippen LogP contribution in [0, 0.1) is 0 Å². The average Bonchev–Trinajstić information content (AvgIpc) is 3.45. The molecule has 2 aliphatic heterocycles. The molecule has 0 saturated carbocycles. The average molecular weight is 479 g/mol. The zero-order chi connectivity index (χ0) is 23.6. The van der Waals surface area contributed by atoms with Gasteiger partial charge in [0.05, 0.1) is 30.9 Å². The van der Waals surface area contributed by atoms with Crippen molar-refractivity contribution in [3.8, 4) is 11.1 Å². The number of sulfonamides is 1. The summed E-state index contributed by atoms with van der Waals surface area (Å²) < 4.78 is 45.9. The van der Waals surface area contributed by atoms with E-state index in [1.165, 1.54) is 4.31 Å². The molecule has 0 aliphatic carbocycles. The summed E-state index contributed by atoms with van der Waals surface area (Å²) in [4.78, 5) is 14.0. The molecule has 180 valence electrons. The third kappa shape index (κ3) is 5.72. The number of piperazine rings is 1. The number of hydrogen-bond acceptors (Lipinski definition) is 7. The van der Waals surface area contributed by atoms with Crippen LogP contribution >= 0.6 is 0 Å². The van der Waals surface area contributed by atoms with Crippen LogP contribution in [0.4, 0.5) is 4.79 Å². The van der Waals surface area contributed by atoms with E-state index in [1.807, 2.05) is 12.3 Å². The molecule has 3 heterocycles. The van der Waals surface area contributed by atoms with E-state index in [2.05, 4.69) is 5.10 Å². The van der Waals surface area contributed by atoms with Crippen LogP contribution in [0.25, 0.3) is 11.1 Å². The van der Waals surface area contributed by atoms with Crippen molar-refractivity contribution in [2.45, 2.75) is 44.1 Å². The van der Waals surface area contributed by atoms with Gasteiger partial charge in [0.1, 0.15) is 5.60 Å². The van der Waals surface area contributed by atoms with Gasteiger partial charge in [-0.3, -0.25) is 4.68 Å². The highest BCUT2D eigenvalue weighted by molar-refractivity contribution is 7.89. The van der Waals surface area contributed by atoms with Crippen molar-refractivity contribution in [1.82, 2.24) is 19.0 Å². The molecule has 0 unspecified atom stereocenters. The molecule has 1 amide bonds. The molecule has 0 bridgehead atoms. The Kier molecular flexibility index (Phi) is 6.76. The molecular weight excluding hydrogens is 448 g/mol. The van der Waals surface area contributed by atoms with Gasteiger partial charge in [-0.25, -0.2) is 13.2 Å². The minimum Gasteiger partial charge on any atom is -0.444 e. The van der Waals surface area contributed by atoms with Crippen molar-refractivity contribution in [2.24, 2.45) is 0 Å². The van der Waals surface area contributed by atoms with Crippen molar-refractivity contribution >= 4 is 16.1 Å². The third-order valence-electron chi connectivity index (χ3n) is 5.36. The van der Waals surface area contributed by atoms with Crippen LogP contribution in [-0.4, -0.2) is 84.8 Å². The van der Waals surface area contributed by atoms with E-state index in [-0.39, 0.29) is 37.4 Å². The Hall–Kier alpha value is -2.47. The second-order valence-electron chi connectivity index (χ2n) is 9.02. The number of amides is 1. The first-order valence-electron chi connectivity index (χ1n) is 11.0. The summed E-state index contributed by atoms with van der Waals surface area (Å²) in [7, 11) is -3.70. The molecular formula is C22H30N4O6S. The van der Waals surface area contributed by atoms with Crippen molar-refractivity contribution in [3.63, 3.8) is 0 Å². The Morgan fingerprint density at radius 3 is 2.48 bits per heavy atom. The molecule has 0 radical (unpaired) electrons. The lowest BCUT2D eigenvalue weighted by Crippen LogP contribution is -2.51. The van der Waals surface area contributed by atoms with Crippen molar-refractivity contribution < 1.29 is 27.4 Å². The molecule has 2 fully saturated rings. The molecule has 1 aromatic heterocycles. The Labute approximate surface area is 194 Å². The quantitative estimate of drug-likeness (QED) is 0.649. The minimum absolute atomic E-state index is 0.209. The van der Waals surface area contributed by atoms with E-state index in [0.717, 1.165) is 11.1 Å². The minimum atomic E-state index is -3.70. The summed E-state index contributed by atoms with van der Waals surface area (Å²) in [6, 6.07) is 6.81. The molecule has 10 nitrogen and oxygen atoms in total. The molecule has 0 spiro atoms. The van der Waals surface area contributed by atoms with Gasteiger partial charge in [0.2, 0.25) is 10.0 Å². The van der Waals surface area contributed by atoms with Gasteiger partial charge >= 0.3 is 6.09 Å². The largest absolute Gasteiger partial charge is 0.444 e. The van der Waals surface area contributed by atoms with Gasteiger partial charge in [-0.15, -0.1) is 0 Å². The standard InChI is InChI=1S/C22H30N4O6S/c1-22(2,3)32-21(27)24-7-9-26(10-8-24)33(28,29)19-6-4-5-17(13-19)18-14-23-25(15-18)16-20-30-11-12-31-20/h4-6,13-15,20H,7-12,16H2,1-3H3. The van der Waals surface area contributed by atoms with Gasteiger partial charge in [0, 0.05) is 37.9 Å². The Bertz CT molecular complexity index is 1080. The Morgan fingerprint density at radius 2 is 1.82 bits per heavy atom. The zero-order valence-corrected chi connectivity index (χ0v) is 20.0. The first-order valence-corrected chi connectivity index (χ1v) is 12.4. The lowest BCUT2D eigenvalue weighted by atomic mass is 10.1. The number of ether oxygens (including phenoxy) is 3. The lowest BCUT2D eigenvalue weighted by Gasteiger charge is -2.35. The normalized spacial score (nSPS) is 18.6. The zero-order valence-electron chi connectivity index (χ0n) is 19.1. The fourth-order valence-electron chi connectivity index (χ4n) is 3.70. The highest BCUT2D eigenvalue weighted by atomic mass is 32.2. The van der Waals surface area contributed by atoms with Crippen LogP contribution in [0.2, 0.25) is 0 Å². The predicted molar refractivity (Wildman–Crippen MR) is 120 cm³/mol. The fourth-order valence-corrected chi connectivity index (χ4v) is 5.17. The smallest absolute Gasteiger partial charge is 0.410 e. The van der Waals surface area contributed by atoms with E-state index < -0.39 is 21.7 Å². The summed E-state index contributed by atoms with van der Waals surface area (Å²) in [6.07, 6.45) is 2.80. The second-order valence-corrected chi connectivity index (χ2v) is 11.0. The van der Waals surface area contributed by atoms with Gasteiger partial charge in [-0.1, -0.05) is 12.1 Å². The van der Waals surface area contributed by atoms with E-state index in [4.69, 9.17) is 14.2 Å². The van der Waals surface area contributed by atoms with Crippen LogP contribution in [0.5, 0.6) is 0 Å². The first-order chi connectivity index (χ1) is 15.6. The van der Waals surface area contributed by atoms with Crippen LogP contribution in [0.15, 0.2) is 41.6 Å². The van der Waals surface area contributed by atoms with Crippen molar-refractivity contribution in [3.05, 3.63) is 36.7 Å². The molecule has 2 saturated heterocycles. The summed E-state index contributed by atoms with van der Waals surface area (Å²) >= 11 is 0.